The molecule has 0 heterocycles. The Morgan fingerprint density at radius 3 is 1.93 bits per heavy atom. The second kappa shape index (κ2) is 5.62. The minimum absolute atomic E-state index is 0.189. The first-order valence-corrected chi connectivity index (χ1v) is 5.39. The van der Waals surface area contributed by atoms with Gasteiger partial charge in [0.05, 0.1) is 5.54 Å². The lowest BCUT2D eigenvalue weighted by Gasteiger charge is -2.32. The molecule has 0 bridgehead atoms. The lowest BCUT2D eigenvalue weighted by molar-refractivity contribution is -0.0446. The molecule has 0 unspecified atom stereocenters. The van der Waals surface area contributed by atoms with E-state index < -0.39 is 11.5 Å². The maximum absolute atomic E-state index is 13.5. The first-order chi connectivity index (χ1) is 6.57. The van der Waals surface area contributed by atoms with Gasteiger partial charge in [0.25, 0.3) is 5.92 Å². The Bertz CT molecular complexity index is 197. The molecule has 0 aliphatic rings. The van der Waals surface area contributed by atoms with E-state index in [-0.39, 0.29) is 12.8 Å². The highest BCUT2D eigenvalue weighted by molar-refractivity contribution is 6.34. The second-order valence-electron chi connectivity index (χ2n) is 4.63. The van der Waals surface area contributed by atoms with Crippen molar-refractivity contribution in [1.29, 1.82) is 0 Å². The standard InChI is InChI=1S/C9H18Cl2F2N2/c1-8(2,15(10)11)7-9(12,13)5-6-14(3)4/h5-7H2,1-4H3. The zero-order valence-electron chi connectivity index (χ0n) is 9.53. The SMILES string of the molecule is CN(C)CCC(F)(F)CC(C)(C)N(Cl)Cl. The molecule has 2 nitrogen and oxygen atoms in total. The van der Waals surface area contributed by atoms with Crippen LogP contribution >= 0.6 is 23.6 Å². The predicted molar refractivity (Wildman–Crippen MR) is 60.4 cm³/mol. The van der Waals surface area contributed by atoms with E-state index in [1.165, 1.54) is 0 Å². The minimum Gasteiger partial charge on any atom is -0.309 e. The van der Waals surface area contributed by atoms with Crippen LogP contribution in [-0.4, -0.2) is 40.9 Å². The minimum atomic E-state index is -2.75. The Kier molecular flexibility index (Phi) is 5.75. The van der Waals surface area contributed by atoms with Gasteiger partial charge >= 0.3 is 0 Å². The van der Waals surface area contributed by atoms with E-state index in [1.54, 1.807) is 32.8 Å². The van der Waals surface area contributed by atoms with E-state index >= 15 is 0 Å². The van der Waals surface area contributed by atoms with Gasteiger partial charge in [-0.05, 0) is 51.5 Å². The molecule has 0 aromatic carbocycles. The summed E-state index contributed by atoms with van der Waals surface area (Å²) in [4.78, 5) is 1.72. The van der Waals surface area contributed by atoms with E-state index in [0.717, 1.165) is 3.94 Å². The van der Waals surface area contributed by atoms with Crippen LogP contribution in [0, 0.1) is 0 Å². The highest BCUT2D eigenvalue weighted by Crippen LogP contribution is 2.34. The van der Waals surface area contributed by atoms with Crippen LogP contribution in [0.1, 0.15) is 26.7 Å². The van der Waals surface area contributed by atoms with Gasteiger partial charge in [-0.3, -0.25) is 0 Å². The average Bonchev–Trinajstić information content (AvgIpc) is 1.99. The zero-order valence-corrected chi connectivity index (χ0v) is 11.0. The summed E-state index contributed by atoms with van der Waals surface area (Å²) in [6.07, 6.45) is -0.550. The Hall–Kier alpha value is 0.360. The van der Waals surface area contributed by atoms with E-state index in [4.69, 9.17) is 23.6 Å². The normalized spacial score (nSPS) is 14.0. The van der Waals surface area contributed by atoms with Crippen LogP contribution in [0.5, 0.6) is 0 Å². The second-order valence-corrected chi connectivity index (χ2v) is 5.48. The molecule has 0 spiro atoms. The van der Waals surface area contributed by atoms with Crippen molar-refractivity contribution in [2.75, 3.05) is 20.6 Å². The lowest BCUT2D eigenvalue weighted by atomic mass is 9.95. The maximum Gasteiger partial charge on any atom is 0.251 e. The summed E-state index contributed by atoms with van der Waals surface area (Å²) >= 11 is 11.0. The molecule has 92 valence electrons. The summed E-state index contributed by atoms with van der Waals surface area (Å²) in [5.41, 5.74) is -0.932. The maximum atomic E-state index is 13.5. The van der Waals surface area contributed by atoms with E-state index in [0.29, 0.717) is 6.54 Å². The molecule has 0 aromatic rings. The van der Waals surface area contributed by atoms with E-state index in [2.05, 4.69) is 0 Å². The van der Waals surface area contributed by atoms with Crippen molar-refractivity contribution in [3.8, 4) is 0 Å². The van der Waals surface area contributed by atoms with Gasteiger partial charge < -0.3 is 4.90 Å². The van der Waals surface area contributed by atoms with Crippen LogP contribution < -0.4 is 0 Å². The van der Waals surface area contributed by atoms with E-state index in [9.17, 15) is 8.78 Å². The zero-order chi connectivity index (χ0) is 12.3. The van der Waals surface area contributed by atoms with Crippen molar-refractivity contribution >= 4 is 23.6 Å². The van der Waals surface area contributed by atoms with Gasteiger partial charge in [-0.15, -0.1) is 3.94 Å². The third kappa shape index (κ3) is 6.51. The van der Waals surface area contributed by atoms with Crippen LogP contribution in [0.25, 0.3) is 0 Å². The Morgan fingerprint density at radius 1 is 1.13 bits per heavy atom. The molecule has 0 amide bonds. The molecular weight excluding hydrogens is 245 g/mol. The van der Waals surface area contributed by atoms with Gasteiger partial charge in [0.2, 0.25) is 0 Å². The lowest BCUT2D eigenvalue weighted by Crippen LogP contribution is -2.39. The summed E-state index contributed by atoms with van der Waals surface area (Å²) in [6, 6.07) is 0. The highest BCUT2D eigenvalue weighted by Gasteiger charge is 2.39. The fraction of sp³-hybridized carbons (Fsp3) is 1.00. The fourth-order valence-corrected chi connectivity index (χ4v) is 1.29. The van der Waals surface area contributed by atoms with Crippen LogP contribution in [0.15, 0.2) is 0 Å². The molecule has 0 saturated carbocycles. The van der Waals surface area contributed by atoms with Gasteiger partial charge in [-0.25, -0.2) is 8.78 Å². The Balaban J connectivity index is 4.24. The van der Waals surface area contributed by atoms with Crippen molar-refractivity contribution in [3.05, 3.63) is 0 Å². The quantitative estimate of drug-likeness (QED) is 0.678. The van der Waals surface area contributed by atoms with Crippen molar-refractivity contribution < 1.29 is 8.78 Å². The summed E-state index contributed by atoms with van der Waals surface area (Å²) in [6.45, 7) is 3.50. The molecule has 6 heteroatoms. The Morgan fingerprint density at radius 2 is 1.60 bits per heavy atom. The van der Waals surface area contributed by atoms with Crippen LogP contribution in [0.4, 0.5) is 8.78 Å². The molecule has 0 fully saturated rings. The monoisotopic (exact) mass is 262 g/mol. The molecule has 0 radical (unpaired) electrons. The van der Waals surface area contributed by atoms with Gasteiger partial charge in [0.1, 0.15) is 0 Å². The first kappa shape index (κ1) is 15.4. The molecule has 0 rings (SSSR count). The number of alkyl halides is 2. The van der Waals surface area contributed by atoms with Crippen LogP contribution in [-0.2, 0) is 0 Å². The van der Waals surface area contributed by atoms with Crippen LogP contribution in [0.3, 0.4) is 0 Å². The molecule has 0 saturated heterocycles. The summed E-state index contributed by atoms with van der Waals surface area (Å²) in [7, 11) is 3.52. The first-order valence-electron chi connectivity index (χ1n) is 4.71. The molecule has 0 aromatic heterocycles. The van der Waals surface area contributed by atoms with Gasteiger partial charge in [0, 0.05) is 19.4 Å². The van der Waals surface area contributed by atoms with Gasteiger partial charge in [0.15, 0.2) is 0 Å². The summed E-state index contributed by atoms with van der Waals surface area (Å²) in [5, 5.41) is 0. The van der Waals surface area contributed by atoms with Crippen molar-refractivity contribution in [3.63, 3.8) is 0 Å². The van der Waals surface area contributed by atoms with Gasteiger partial charge in [-0.1, -0.05) is 0 Å². The smallest absolute Gasteiger partial charge is 0.251 e. The number of hydrogen-bond donors (Lipinski definition) is 0. The Labute approximate surface area is 100 Å². The topological polar surface area (TPSA) is 6.48 Å². The van der Waals surface area contributed by atoms with E-state index in [1.807, 2.05) is 0 Å². The number of halogens is 4. The van der Waals surface area contributed by atoms with Crippen LogP contribution in [0.2, 0.25) is 0 Å². The molecular formula is C9H18Cl2F2N2. The summed E-state index contributed by atoms with van der Waals surface area (Å²) < 4.78 is 27.7. The summed E-state index contributed by atoms with van der Waals surface area (Å²) in [5.74, 6) is -2.75. The number of hydrogen-bond acceptors (Lipinski definition) is 2. The molecule has 0 N–H and O–H groups in total. The van der Waals surface area contributed by atoms with Crippen molar-refractivity contribution in [1.82, 2.24) is 8.84 Å². The third-order valence-electron chi connectivity index (χ3n) is 2.07. The molecule has 0 atom stereocenters. The largest absolute Gasteiger partial charge is 0.309 e. The number of nitrogens with zero attached hydrogens (tertiary/aromatic N) is 2. The molecule has 0 aliphatic carbocycles. The molecule has 15 heavy (non-hydrogen) atoms. The highest BCUT2D eigenvalue weighted by atomic mass is 35.5. The molecule has 0 aliphatic heterocycles. The average molecular weight is 263 g/mol. The van der Waals surface area contributed by atoms with Crippen molar-refractivity contribution in [2.24, 2.45) is 0 Å². The van der Waals surface area contributed by atoms with Gasteiger partial charge in [-0.2, -0.15) is 0 Å². The predicted octanol–water partition coefficient (Wildman–Crippen LogP) is 3.35. The third-order valence-corrected chi connectivity index (χ3v) is 2.99. The fourth-order valence-electron chi connectivity index (χ4n) is 1.17. The number of rotatable bonds is 6. The van der Waals surface area contributed by atoms with Crippen molar-refractivity contribution in [2.45, 2.75) is 38.2 Å².